The summed E-state index contributed by atoms with van der Waals surface area (Å²) in [5.74, 6) is 0. The van der Waals surface area contributed by atoms with E-state index in [2.05, 4.69) is 69.7 Å². The third-order valence-corrected chi connectivity index (χ3v) is 29.9. The zero-order valence-electron chi connectivity index (χ0n) is 91.9. The molecule has 25 heteroatoms. The van der Waals surface area contributed by atoms with Crippen molar-refractivity contribution >= 4 is 51.8 Å². The Morgan fingerprint density at radius 3 is 0.839 bits per heavy atom. The summed E-state index contributed by atoms with van der Waals surface area (Å²) in [4.78, 5) is 10.6. The molecule has 2 aliphatic heterocycles. The van der Waals surface area contributed by atoms with Gasteiger partial charge in [0, 0.05) is 23.5 Å². The van der Waals surface area contributed by atoms with Crippen molar-refractivity contribution in [2.75, 3.05) is 50.2 Å². The maximum Gasteiger partial charge on any atom is 0.271 e. The Kier molecular flexibility index (Phi) is 85.3. The highest BCUT2D eigenvalue weighted by molar-refractivity contribution is 7.80. The van der Waals surface area contributed by atoms with Crippen LogP contribution >= 0.6 is 24.4 Å². The summed E-state index contributed by atoms with van der Waals surface area (Å²) >= 11 is 10.7. The SMILES string of the molecule is CCCCCCCCCCCCCCCCCCCCCCCCCCNC(CO[C@H]1O[C@H](COC(=S)Nc2cccc([N+](=O)[O-])c2)[C@H](O)[C@H](O)[C@H]1O)C(O)C(O)CCCCCCCCCCCCCC.CCCCCCCCCCCCCCCCCCCCCCCCCCN[C@@H](CO[C@H]1O[C@H](COC(=S)Nc2ccc(C(C)(C)C)cc2)[C@H](O)[C@H](O)[C@H]1O)[C@H](O)[C@H](O)CCCCCCCCCCCCCC. The third-order valence-electron chi connectivity index (χ3n) is 29.5. The molecule has 0 aliphatic carbocycles. The fourth-order valence-electron chi connectivity index (χ4n) is 19.7. The first-order valence-electron chi connectivity index (χ1n) is 59.5. The Labute approximate surface area is 882 Å². The number of hydrogen-bond acceptors (Lipinski definition) is 22. The first kappa shape index (κ1) is 134. The van der Waals surface area contributed by atoms with E-state index in [1.165, 1.54) is 415 Å². The fourth-order valence-corrected chi connectivity index (χ4v) is 20.1. The molecule has 0 aromatic heterocycles. The lowest BCUT2D eigenvalue weighted by Gasteiger charge is -2.40. The average Bonchev–Trinajstić information content (AvgIpc) is 0.812. The molecule has 836 valence electrons. The number of nitro groups is 1. The van der Waals surface area contributed by atoms with Crippen molar-refractivity contribution in [2.45, 2.75) is 627 Å². The molecule has 0 radical (unpaired) electrons. The number of thiocarbonyl (C=S) groups is 2. The van der Waals surface area contributed by atoms with E-state index in [0.717, 1.165) is 76.3 Å². The van der Waals surface area contributed by atoms with Gasteiger partial charge < -0.3 is 101 Å². The van der Waals surface area contributed by atoms with Crippen molar-refractivity contribution < 1.29 is 84.4 Å². The summed E-state index contributed by atoms with van der Waals surface area (Å²) in [6.45, 7) is 16.0. The third kappa shape index (κ3) is 69.7. The smallest absolute Gasteiger partial charge is 0.271 e. The molecule has 2 heterocycles. The van der Waals surface area contributed by atoms with Gasteiger partial charge in [-0.1, -0.05) is 516 Å². The highest BCUT2D eigenvalue weighted by Crippen LogP contribution is 2.31. The second-order valence-corrected chi connectivity index (χ2v) is 44.4. The number of rotatable bonds is 95. The minimum absolute atomic E-state index is 0.0120. The molecule has 143 heavy (non-hydrogen) atoms. The lowest BCUT2D eigenvalue weighted by atomic mass is 9.87. The van der Waals surface area contributed by atoms with Crippen molar-refractivity contribution in [2.24, 2.45) is 0 Å². The van der Waals surface area contributed by atoms with Gasteiger partial charge in [-0.3, -0.25) is 10.1 Å². The predicted molar refractivity (Wildman–Crippen MR) is 600 cm³/mol. The predicted octanol–water partition coefficient (Wildman–Crippen LogP) is 28.0. The highest BCUT2D eigenvalue weighted by atomic mass is 32.1. The average molecular weight is 2060 g/mol. The standard InChI is InChI=1S/C61H114N2O8S.C57H105N3O10S/c1-6-8-10-12-14-16-18-20-21-22-23-24-25-26-27-28-29-30-31-33-35-37-39-41-47-62-52(55(65)53(64)42-40-38-36-34-32-19-17-15-13-11-9-7-2)48-69-59-58(68)57(67)56(66)54(71-59)49-70-60(72)63-51-45-43-50(44-46-51)61(3,4)5;1-3-5-7-9-11-13-15-17-18-19-20-21-22-23-24-25-26-27-28-30-32-34-36-38-43-58-49(52(62)50(61)42-37-35-33-31-29-16-14-12-10-8-6-4-2)45-68-56-55(65)54(64)53(63)51(70-56)46-69-57(71)59-47-40-39-41-48(44-47)60(66)67/h43-46,52-59,62,64-68H,6-42,47-49H2,1-5H3,(H,63,72);39-41,44,49-56,58,61-65H,3-38,42-43,45-46H2,1-2H3,(H,59,71)/t52-,53+,54+,55-,56-,57-,58+,59-;49?,50?,51-,52?,53+,54+,55-,56+/m01/s1. The molecule has 0 amide bonds. The number of aliphatic hydroxyl groups excluding tert-OH is 10. The molecule has 4 rings (SSSR count). The second kappa shape index (κ2) is 91.2. The number of nitrogens with one attached hydrogen (secondary N) is 4. The Hall–Kier alpha value is -3.42. The zero-order chi connectivity index (χ0) is 104. The van der Waals surface area contributed by atoms with Crippen LogP contribution in [0.5, 0.6) is 0 Å². The zero-order valence-corrected chi connectivity index (χ0v) is 93.6. The lowest BCUT2D eigenvalue weighted by molar-refractivity contribution is -0.384. The number of aliphatic hydroxyl groups is 10. The molecule has 23 nitrogen and oxygen atoms in total. The van der Waals surface area contributed by atoms with Gasteiger partial charge in [0.05, 0.1) is 54.6 Å². The first-order chi connectivity index (χ1) is 69.5. The number of non-ortho nitro benzene ring substituents is 1. The Bertz CT molecular complexity index is 3210. The molecule has 0 saturated carbocycles. The summed E-state index contributed by atoms with van der Waals surface area (Å²) < 4.78 is 35.2. The molecule has 0 spiro atoms. The van der Waals surface area contributed by atoms with Crippen molar-refractivity contribution in [3.63, 3.8) is 0 Å². The van der Waals surface area contributed by atoms with E-state index < -0.39 is 103 Å². The maximum atomic E-state index is 11.5. The van der Waals surface area contributed by atoms with Crippen molar-refractivity contribution in [3.05, 3.63) is 64.2 Å². The normalized spacial score (nSPS) is 19.5. The largest absolute Gasteiger partial charge is 0.468 e. The molecule has 14 N–H and O–H groups in total. The molecule has 2 aromatic rings. The van der Waals surface area contributed by atoms with Gasteiger partial charge in [0.25, 0.3) is 16.0 Å². The van der Waals surface area contributed by atoms with Crippen LogP contribution in [0.1, 0.15) is 529 Å². The monoisotopic (exact) mass is 2060 g/mol. The van der Waals surface area contributed by atoms with Crippen molar-refractivity contribution in [1.82, 2.24) is 10.6 Å². The van der Waals surface area contributed by atoms with Gasteiger partial charge in [-0.2, -0.15) is 0 Å². The Balaban J connectivity index is 0.000000735. The van der Waals surface area contributed by atoms with Crippen LogP contribution in [-0.4, -0.2) is 204 Å². The molecule has 3 unspecified atom stereocenters. The van der Waals surface area contributed by atoms with E-state index in [-0.39, 0.29) is 47.9 Å². The topological polar surface area (TPSA) is 349 Å². The van der Waals surface area contributed by atoms with Gasteiger partial charge in [0.1, 0.15) is 62.0 Å². The van der Waals surface area contributed by atoms with Gasteiger partial charge in [-0.15, -0.1) is 0 Å². The van der Waals surface area contributed by atoms with E-state index in [1.807, 2.05) is 24.3 Å². The molecule has 2 aliphatic rings. The van der Waals surface area contributed by atoms with Gasteiger partial charge in [-0.25, -0.2) is 0 Å². The van der Waals surface area contributed by atoms with E-state index in [9.17, 15) is 61.2 Å². The van der Waals surface area contributed by atoms with E-state index in [0.29, 0.717) is 31.6 Å². The van der Waals surface area contributed by atoms with Crippen LogP contribution in [0.3, 0.4) is 0 Å². The minimum Gasteiger partial charge on any atom is -0.468 e. The lowest BCUT2D eigenvalue weighted by Crippen LogP contribution is -2.60. The quantitative estimate of drug-likeness (QED) is 0.0127. The highest BCUT2D eigenvalue weighted by Gasteiger charge is 2.47. The molecule has 16 atom stereocenters. The molecule has 2 fully saturated rings. The van der Waals surface area contributed by atoms with E-state index >= 15 is 0 Å². The van der Waals surface area contributed by atoms with Crippen LogP contribution in [0.15, 0.2) is 48.5 Å². The first-order valence-corrected chi connectivity index (χ1v) is 60.3. The van der Waals surface area contributed by atoms with Crippen molar-refractivity contribution in [1.29, 1.82) is 0 Å². The van der Waals surface area contributed by atoms with Gasteiger partial charge in [0.15, 0.2) is 12.6 Å². The second-order valence-electron chi connectivity index (χ2n) is 43.6. The minimum atomic E-state index is -1.63. The number of nitrogens with zero attached hydrogens (tertiary/aromatic N) is 1. The molecule has 2 aromatic carbocycles. The summed E-state index contributed by atoms with van der Waals surface area (Å²) in [6, 6.07) is 12.3. The maximum absolute atomic E-state index is 11.5. The van der Waals surface area contributed by atoms with Gasteiger partial charge in [-0.05, 0) is 92.4 Å². The van der Waals surface area contributed by atoms with Crippen LogP contribution in [0, 0.1) is 10.1 Å². The van der Waals surface area contributed by atoms with E-state index in [1.54, 1.807) is 6.07 Å². The number of nitro benzene ring substituents is 1. The number of benzene rings is 2. The molecular weight excluding hydrogens is 1840 g/mol. The number of unbranched alkanes of at least 4 members (excludes halogenated alkanes) is 68. The van der Waals surface area contributed by atoms with Crippen LogP contribution in [0.4, 0.5) is 17.1 Å². The van der Waals surface area contributed by atoms with Gasteiger partial charge in [0.2, 0.25) is 0 Å². The summed E-state index contributed by atoms with van der Waals surface area (Å²) in [5.41, 5.74) is 2.14. The number of hydrogen-bond donors (Lipinski definition) is 14. The molecular formula is C118H219N5O18S2. The number of ether oxygens (including phenoxy) is 6. The van der Waals surface area contributed by atoms with Crippen molar-refractivity contribution in [3.8, 4) is 0 Å². The van der Waals surface area contributed by atoms with Crippen LogP contribution in [-0.2, 0) is 33.8 Å². The fraction of sp³-hybridized carbons (Fsp3) is 0.881. The number of anilines is 2. The van der Waals surface area contributed by atoms with Crippen LogP contribution in [0.25, 0.3) is 0 Å². The summed E-state index contributed by atoms with van der Waals surface area (Å²) in [7, 11) is 0. The summed E-state index contributed by atoms with van der Waals surface area (Å²) in [6.07, 6.45) is 76.1. The van der Waals surface area contributed by atoms with Crippen LogP contribution < -0.4 is 21.3 Å². The van der Waals surface area contributed by atoms with Crippen LogP contribution in [0.2, 0.25) is 0 Å². The summed E-state index contributed by atoms with van der Waals surface area (Å²) in [5, 5.41) is 134. The Morgan fingerprint density at radius 1 is 0.343 bits per heavy atom. The molecule has 2 saturated heterocycles. The molecule has 0 bridgehead atoms. The van der Waals surface area contributed by atoms with Gasteiger partial charge >= 0.3 is 0 Å². The van der Waals surface area contributed by atoms with E-state index in [4.69, 9.17) is 52.9 Å². The Morgan fingerprint density at radius 2 is 0.587 bits per heavy atom.